The number of benzene rings is 5. The second kappa shape index (κ2) is 17.9. The second-order valence-corrected chi connectivity index (χ2v) is 11.6. The summed E-state index contributed by atoms with van der Waals surface area (Å²) in [5.41, 5.74) is 10.9. The van der Waals surface area contributed by atoms with E-state index in [4.69, 9.17) is 0 Å². The van der Waals surface area contributed by atoms with E-state index in [1.165, 1.54) is 89.4 Å². The zero-order chi connectivity index (χ0) is 30.9. The third-order valence-corrected chi connectivity index (χ3v) is 8.32. The monoisotopic (exact) mass is 690 g/mol. The van der Waals surface area contributed by atoms with Crippen molar-refractivity contribution in [3.05, 3.63) is 183 Å². The molecule has 0 bridgehead atoms. The summed E-state index contributed by atoms with van der Waals surface area (Å²) in [7, 11) is 0. The SMILES string of the molecule is CC(C)c1cc2c(-c3ccccc3)cccc2[cH-]1.Cc1ccc(-c2ccccc2)c2cc(CCc3ccccc3)[cH-]c12.[CH3-].[CH3-].[Si]=[Zr]. The maximum absolute atomic E-state index is 3.06. The van der Waals surface area contributed by atoms with Crippen LogP contribution in [0, 0.1) is 21.8 Å². The normalized spacial score (nSPS) is 10.2. The molecule has 0 atom stereocenters. The van der Waals surface area contributed by atoms with Gasteiger partial charge in [-0.1, -0.05) is 135 Å². The van der Waals surface area contributed by atoms with Crippen LogP contribution < -0.4 is 0 Å². The van der Waals surface area contributed by atoms with E-state index in [0.29, 0.717) is 5.92 Å². The Balaban J connectivity index is 0.000000236. The van der Waals surface area contributed by atoms with Crippen LogP contribution in [0.25, 0.3) is 43.8 Å². The Morgan fingerprint density at radius 2 is 1.15 bits per heavy atom. The quantitative estimate of drug-likeness (QED) is 0.120. The number of hydrogen-bond acceptors (Lipinski definition) is 0. The molecule has 232 valence electrons. The summed E-state index contributed by atoms with van der Waals surface area (Å²) < 4.78 is 0. The molecule has 0 nitrogen and oxygen atoms in total. The predicted molar refractivity (Wildman–Crippen MR) is 201 cm³/mol. The summed E-state index contributed by atoms with van der Waals surface area (Å²) in [5.74, 6) is 0.584. The van der Waals surface area contributed by atoms with Gasteiger partial charge in [0, 0.05) is 0 Å². The van der Waals surface area contributed by atoms with Gasteiger partial charge >= 0.3 is 30.2 Å². The van der Waals surface area contributed by atoms with E-state index >= 15 is 0 Å². The Hall–Kier alpha value is -3.58. The van der Waals surface area contributed by atoms with E-state index in [1.807, 2.05) is 0 Å². The molecule has 0 saturated heterocycles. The Labute approximate surface area is 294 Å². The van der Waals surface area contributed by atoms with Gasteiger partial charge in [0.2, 0.25) is 0 Å². The zero-order valence-corrected chi connectivity index (χ0v) is 31.3. The number of fused-ring (bicyclic) bond motifs is 2. The van der Waals surface area contributed by atoms with E-state index < -0.39 is 0 Å². The molecule has 0 N–H and O–H groups in total. The van der Waals surface area contributed by atoms with Crippen LogP contribution in [-0.2, 0) is 36.2 Å². The minimum absolute atomic E-state index is 0. The summed E-state index contributed by atoms with van der Waals surface area (Å²) in [6.45, 7) is 9.76. The van der Waals surface area contributed by atoms with Crippen LogP contribution in [0.2, 0.25) is 0 Å². The molecule has 46 heavy (non-hydrogen) atoms. The van der Waals surface area contributed by atoms with Crippen LogP contribution in [0.1, 0.15) is 42.0 Å². The summed E-state index contributed by atoms with van der Waals surface area (Å²) in [6, 6.07) is 52.5. The molecular formula is C44H44SiZr-4. The van der Waals surface area contributed by atoms with Crippen molar-refractivity contribution < 1.29 is 23.3 Å². The molecule has 0 aliphatic rings. The van der Waals surface area contributed by atoms with Gasteiger partial charge in [0.05, 0.1) is 0 Å². The first-order valence-corrected chi connectivity index (χ1v) is 19.5. The van der Waals surface area contributed by atoms with E-state index in [0.717, 1.165) is 12.8 Å². The molecule has 0 aliphatic carbocycles. The van der Waals surface area contributed by atoms with Crippen LogP contribution in [0.5, 0.6) is 0 Å². The molecule has 2 heteroatoms. The van der Waals surface area contributed by atoms with Crippen molar-refractivity contribution >= 4 is 28.4 Å². The van der Waals surface area contributed by atoms with Gasteiger partial charge in [0.1, 0.15) is 0 Å². The molecule has 0 unspecified atom stereocenters. The molecular weight excluding hydrogens is 648 g/mol. The van der Waals surface area contributed by atoms with Crippen LogP contribution in [-0.4, -0.2) is 6.88 Å². The number of rotatable bonds is 6. The van der Waals surface area contributed by atoms with E-state index in [9.17, 15) is 0 Å². The molecule has 0 amide bonds. The van der Waals surface area contributed by atoms with Crippen molar-refractivity contribution in [1.29, 1.82) is 0 Å². The molecule has 0 aromatic heterocycles. The van der Waals surface area contributed by atoms with Crippen molar-refractivity contribution in [1.82, 2.24) is 0 Å². The molecule has 0 spiro atoms. The van der Waals surface area contributed by atoms with Gasteiger partial charge in [0.15, 0.2) is 0 Å². The first-order valence-electron chi connectivity index (χ1n) is 15.3. The van der Waals surface area contributed by atoms with Crippen molar-refractivity contribution in [2.24, 2.45) is 0 Å². The van der Waals surface area contributed by atoms with Crippen LogP contribution in [0.4, 0.5) is 0 Å². The third-order valence-electron chi connectivity index (χ3n) is 8.32. The Kier molecular flexibility index (Phi) is 14.4. The fourth-order valence-electron chi connectivity index (χ4n) is 5.91. The summed E-state index contributed by atoms with van der Waals surface area (Å²) in [5, 5.41) is 5.48. The fourth-order valence-corrected chi connectivity index (χ4v) is 5.91. The van der Waals surface area contributed by atoms with Gasteiger partial charge in [-0.2, -0.15) is 12.1 Å². The van der Waals surface area contributed by atoms with E-state index in [1.54, 1.807) is 0 Å². The van der Waals surface area contributed by atoms with Crippen LogP contribution in [0.3, 0.4) is 0 Å². The van der Waals surface area contributed by atoms with Gasteiger partial charge in [-0.15, -0.1) is 68.6 Å². The maximum atomic E-state index is 3.06. The molecule has 2 radical (unpaired) electrons. The molecule has 7 rings (SSSR count). The summed E-state index contributed by atoms with van der Waals surface area (Å²) in [4.78, 5) is 0. The minimum atomic E-state index is 0. The van der Waals surface area contributed by atoms with Crippen molar-refractivity contribution in [3.8, 4) is 22.3 Å². The average Bonchev–Trinajstić information content (AvgIpc) is 3.72. The number of hydrogen-bond donors (Lipinski definition) is 0. The molecule has 0 heterocycles. The number of aryl methyl sites for hydroxylation is 3. The third kappa shape index (κ3) is 8.81. The van der Waals surface area contributed by atoms with Crippen LogP contribution >= 0.6 is 0 Å². The standard InChI is InChI=1S/C24H21.C18H17.2CH3.Si.Zr/c1-18-12-15-22(21-10-6-3-7-11-21)24-17-20(16-23(18)24)14-13-19-8-4-2-5-9-19;1-13(2)16-11-15-9-6-10-17(18(15)12-16)14-7-4-3-5-8-14;;;;/h2-12,15-17H,13-14H2,1H3;3-13H,1-2H3;2*1H3;;/q4*-1;;. The molecule has 7 aromatic carbocycles. The first kappa shape index (κ1) is 36.9. The first-order chi connectivity index (χ1) is 21.6. The van der Waals surface area contributed by atoms with Crippen molar-refractivity contribution in [2.75, 3.05) is 0 Å². The van der Waals surface area contributed by atoms with Gasteiger partial charge < -0.3 is 14.9 Å². The molecule has 0 aliphatic heterocycles. The van der Waals surface area contributed by atoms with E-state index in [2.05, 4.69) is 173 Å². The Bertz CT molecular complexity index is 1910. The van der Waals surface area contributed by atoms with E-state index in [-0.39, 0.29) is 14.9 Å². The topological polar surface area (TPSA) is 0 Å². The molecule has 0 fully saturated rings. The van der Waals surface area contributed by atoms with Gasteiger partial charge in [-0.05, 0) is 35.4 Å². The zero-order valence-electron chi connectivity index (χ0n) is 27.8. The Morgan fingerprint density at radius 3 is 1.74 bits per heavy atom. The fraction of sp³-hybridized carbons (Fsp3) is 0.136. The summed E-state index contributed by atoms with van der Waals surface area (Å²) >= 11 is 1.36. The predicted octanol–water partition coefficient (Wildman–Crippen LogP) is 12.2. The van der Waals surface area contributed by atoms with Crippen molar-refractivity contribution in [3.63, 3.8) is 0 Å². The second-order valence-electron chi connectivity index (χ2n) is 11.6. The molecule has 0 saturated carbocycles. The Morgan fingerprint density at radius 1 is 0.587 bits per heavy atom. The van der Waals surface area contributed by atoms with Gasteiger partial charge in [-0.25, -0.2) is 0 Å². The van der Waals surface area contributed by atoms with Gasteiger partial charge in [-0.3, -0.25) is 0 Å². The van der Waals surface area contributed by atoms with Gasteiger partial charge in [0.25, 0.3) is 0 Å². The average molecular weight is 692 g/mol. The van der Waals surface area contributed by atoms with Crippen LogP contribution in [0.15, 0.2) is 146 Å². The summed E-state index contributed by atoms with van der Waals surface area (Å²) in [6.07, 6.45) is 2.18. The van der Waals surface area contributed by atoms with Crippen molar-refractivity contribution in [2.45, 2.75) is 39.5 Å². The molecule has 7 aromatic rings.